The molecule has 7 nitrogen and oxygen atoms in total. The van der Waals surface area contributed by atoms with Crippen LogP contribution in [0.3, 0.4) is 0 Å². The van der Waals surface area contributed by atoms with Crippen LogP contribution in [0, 0.1) is 6.92 Å². The van der Waals surface area contributed by atoms with E-state index < -0.39 is 0 Å². The monoisotopic (exact) mass is 406 g/mol. The molecule has 1 aliphatic rings. The van der Waals surface area contributed by atoms with Gasteiger partial charge in [-0.05, 0) is 32.3 Å². The third-order valence-electron chi connectivity index (χ3n) is 5.09. The lowest BCUT2D eigenvalue weighted by Gasteiger charge is -2.26. The number of ether oxygens (including phenoxy) is 2. The first-order chi connectivity index (χ1) is 13.6. The van der Waals surface area contributed by atoms with E-state index in [4.69, 9.17) is 19.4 Å². The van der Waals surface area contributed by atoms with E-state index in [-0.39, 0.29) is 5.97 Å². The minimum atomic E-state index is -0.286. The summed E-state index contributed by atoms with van der Waals surface area (Å²) in [5, 5.41) is 4.52. The number of aromatic nitrogens is 2. The molecular weight excluding hydrogens is 376 g/mol. The number of rotatable bonds is 8. The zero-order valence-corrected chi connectivity index (χ0v) is 18.0. The van der Waals surface area contributed by atoms with Crippen LogP contribution in [-0.4, -0.2) is 59.8 Å². The van der Waals surface area contributed by atoms with Gasteiger partial charge in [-0.1, -0.05) is 13.8 Å². The summed E-state index contributed by atoms with van der Waals surface area (Å²) in [5.41, 5.74) is 0.893. The molecule has 0 aromatic carbocycles. The second-order valence-electron chi connectivity index (χ2n) is 6.99. The van der Waals surface area contributed by atoms with Crippen LogP contribution in [0.2, 0.25) is 0 Å². The van der Waals surface area contributed by atoms with Gasteiger partial charge in [0, 0.05) is 19.1 Å². The molecule has 0 bridgehead atoms. The number of aryl methyl sites for hydroxylation is 1. The van der Waals surface area contributed by atoms with Crippen LogP contribution in [0.15, 0.2) is 0 Å². The molecule has 0 saturated carbocycles. The average Bonchev–Trinajstić information content (AvgIpc) is 3.03. The molecule has 0 amide bonds. The number of carbonyl (C=O) groups excluding carboxylic acids is 1. The Morgan fingerprint density at radius 3 is 2.61 bits per heavy atom. The van der Waals surface area contributed by atoms with Crippen molar-refractivity contribution < 1.29 is 14.3 Å². The number of hydrogen-bond donors (Lipinski definition) is 1. The lowest BCUT2D eigenvalue weighted by molar-refractivity contribution is 0.0331. The molecule has 2 aromatic rings. The molecule has 28 heavy (non-hydrogen) atoms. The van der Waals surface area contributed by atoms with Gasteiger partial charge in [-0.15, -0.1) is 11.3 Å². The fraction of sp³-hybridized carbons (Fsp3) is 0.650. The summed E-state index contributed by atoms with van der Waals surface area (Å²) in [7, 11) is 0. The van der Waals surface area contributed by atoms with Crippen molar-refractivity contribution in [3.8, 4) is 0 Å². The third kappa shape index (κ3) is 4.61. The molecular formula is C20H30N4O3S. The topological polar surface area (TPSA) is 76.6 Å². The Labute approximate surface area is 170 Å². The maximum Gasteiger partial charge on any atom is 0.348 e. The van der Waals surface area contributed by atoms with Gasteiger partial charge in [0.2, 0.25) is 0 Å². The quantitative estimate of drug-likeness (QED) is 0.671. The Morgan fingerprint density at radius 1 is 1.25 bits per heavy atom. The molecule has 8 heteroatoms. The van der Waals surface area contributed by atoms with Gasteiger partial charge >= 0.3 is 5.97 Å². The van der Waals surface area contributed by atoms with Gasteiger partial charge < -0.3 is 14.8 Å². The molecule has 0 unspecified atom stereocenters. The summed E-state index contributed by atoms with van der Waals surface area (Å²) in [5.74, 6) is 1.32. The zero-order chi connectivity index (χ0) is 20.1. The fourth-order valence-electron chi connectivity index (χ4n) is 3.39. The van der Waals surface area contributed by atoms with Crippen molar-refractivity contribution >= 4 is 33.3 Å². The molecule has 1 aliphatic heterocycles. The number of esters is 1. The number of fused-ring (bicyclic) bond motifs is 1. The molecule has 154 valence electrons. The molecule has 0 spiro atoms. The number of morpholine rings is 1. The molecule has 0 atom stereocenters. The summed E-state index contributed by atoms with van der Waals surface area (Å²) in [6.45, 7) is 12.4. The molecule has 1 fully saturated rings. The van der Waals surface area contributed by atoms with E-state index in [1.54, 1.807) is 0 Å². The van der Waals surface area contributed by atoms with Crippen LogP contribution in [0.5, 0.6) is 0 Å². The molecule has 2 aromatic heterocycles. The van der Waals surface area contributed by atoms with E-state index in [0.29, 0.717) is 24.1 Å². The largest absolute Gasteiger partial charge is 0.462 e. The number of nitrogens with zero attached hydrogens (tertiary/aromatic N) is 3. The van der Waals surface area contributed by atoms with Gasteiger partial charge in [0.15, 0.2) is 0 Å². The molecule has 1 N–H and O–H groups in total. The highest BCUT2D eigenvalue weighted by molar-refractivity contribution is 7.20. The maximum atomic E-state index is 12.4. The van der Waals surface area contributed by atoms with Gasteiger partial charge in [0.1, 0.15) is 21.3 Å². The number of anilines is 1. The molecule has 3 rings (SSSR count). The third-order valence-corrected chi connectivity index (χ3v) is 6.26. The van der Waals surface area contributed by atoms with Crippen molar-refractivity contribution in [1.29, 1.82) is 0 Å². The molecule has 3 heterocycles. The van der Waals surface area contributed by atoms with E-state index in [9.17, 15) is 4.79 Å². The van der Waals surface area contributed by atoms with Crippen molar-refractivity contribution in [2.45, 2.75) is 53.1 Å². The fourth-order valence-corrected chi connectivity index (χ4v) is 4.49. The lowest BCUT2D eigenvalue weighted by Crippen LogP contribution is -2.36. The predicted molar refractivity (Wildman–Crippen MR) is 112 cm³/mol. The minimum Gasteiger partial charge on any atom is -0.462 e. The Balaban J connectivity index is 2.01. The van der Waals surface area contributed by atoms with Crippen molar-refractivity contribution in [2.24, 2.45) is 0 Å². The number of nitrogens with one attached hydrogen (secondary N) is 1. The summed E-state index contributed by atoms with van der Waals surface area (Å²) in [6.07, 6.45) is 2.02. The molecule has 0 aliphatic carbocycles. The van der Waals surface area contributed by atoms with Crippen molar-refractivity contribution in [2.75, 3.05) is 38.2 Å². The van der Waals surface area contributed by atoms with Crippen LogP contribution in [0.25, 0.3) is 10.2 Å². The highest BCUT2D eigenvalue weighted by Gasteiger charge is 2.23. The van der Waals surface area contributed by atoms with Crippen LogP contribution in [-0.2, 0) is 16.0 Å². The van der Waals surface area contributed by atoms with E-state index >= 15 is 0 Å². The SMILES string of the molecule is CCOC(=O)c1sc2nc(CN3CCOCC3)nc(NC(CC)CC)c2c1C. The van der Waals surface area contributed by atoms with E-state index in [1.165, 1.54) is 11.3 Å². The van der Waals surface area contributed by atoms with Gasteiger partial charge in [-0.25, -0.2) is 14.8 Å². The lowest BCUT2D eigenvalue weighted by atomic mass is 10.1. The van der Waals surface area contributed by atoms with Crippen LogP contribution in [0.4, 0.5) is 5.82 Å². The smallest absolute Gasteiger partial charge is 0.348 e. The van der Waals surface area contributed by atoms with Crippen LogP contribution < -0.4 is 5.32 Å². The Bertz CT molecular complexity index is 813. The average molecular weight is 407 g/mol. The Kier molecular flexibility index (Phi) is 7.20. The Hall–Kier alpha value is -1.77. The summed E-state index contributed by atoms with van der Waals surface area (Å²) in [4.78, 5) is 25.8. The van der Waals surface area contributed by atoms with E-state index in [1.807, 2.05) is 13.8 Å². The summed E-state index contributed by atoms with van der Waals surface area (Å²) < 4.78 is 10.7. The summed E-state index contributed by atoms with van der Waals surface area (Å²) >= 11 is 1.40. The first kappa shape index (κ1) is 21.0. The van der Waals surface area contributed by atoms with Gasteiger partial charge in [-0.2, -0.15) is 0 Å². The highest BCUT2D eigenvalue weighted by Crippen LogP contribution is 2.35. The van der Waals surface area contributed by atoms with Crippen molar-refractivity contribution in [3.63, 3.8) is 0 Å². The second kappa shape index (κ2) is 9.62. The van der Waals surface area contributed by atoms with E-state index in [0.717, 1.165) is 66.6 Å². The van der Waals surface area contributed by atoms with Gasteiger partial charge in [0.05, 0.1) is 31.8 Å². The van der Waals surface area contributed by atoms with Gasteiger partial charge in [-0.3, -0.25) is 4.90 Å². The molecule has 0 radical (unpaired) electrons. The van der Waals surface area contributed by atoms with Crippen LogP contribution >= 0.6 is 11.3 Å². The van der Waals surface area contributed by atoms with E-state index in [2.05, 4.69) is 24.1 Å². The number of hydrogen-bond acceptors (Lipinski definition) is 8. The minimum absolute atomic E-state index is 0.286. The van der Waals surface area contributed by atoms with Crippen molar-refractivity contribution in [3.05, 3.63) is 16.3 Å². The first-order valence-electron chi connectivity index (χ1n) is 10.1. The van der Waals surface area contributed by atoms with Crippen molar-refractivity contribution in [1.82, 2.24) is 14.9 Å². The van der Waals surface area contributed by atoms with Crippen LogP contribution in [0.1, 0.15) is 54.7 Å². The first-order valence-corrected chi connectivity index (χ1v) is 10.9. The summed E-state index contributed by atoms with van der Waals surface area (Å²) in [6, 6.07) is 0.333. The predicted octanol–water partition coefficient (Wildman–Crippen LogP) is 3.61. The normalized spacial score (nSPS) is 15.3. The number of thiophene rings is 1. The zero-order valence-electron chi connectivity index (χ0n) is 17.2. The second-order valence-corrected chi connectivity index (χ2v) is 7.99. The maximum absolute atomic E-state index is 12.4. The highest BCUT2D eigenvalue weighted by atomic mass is 32.1. The van der Waals surface area contributed by atoms with Gasteiger partial charge in [0.25, 0.3) is 0 Å². The Morgan fingerprint density at radius 2 is 1.96 bits per heavy atom. The molecule has 1 saturated heterocycles. The number of carbonyl (C=O) groups is 1. The standard InChI is InChI=1S/C20H30N4O3S/c1-5-14(6-2)21-18-16-13(4)17(20(25)27-7-3)28-19(16)23-15(22-18)12-24-8-10-26-11-9-24/h14H,5-12H2,1-4H3,(H,21,22,23).